The summed E-state index contributed by atoms with van der Waals surface area (Å²) < 4.78 is 11.6. The molecule has 2 aromatic rings. The van der Waals surface area contributed by atoms with Crippen LogP contribution in [0.4, 0.5) is 0 Å². The number of methoxy groups -OCH3 is 1. The average molecular weight is 437 g/mol. The van der Waals surface area contributed by atoms with Crippen molar-refractivity contribution >= 4 is 11.9 Å². The van der Waals surface area contributed by atoms with Crippen LogP contribution in [0.1, 0.15) is 54.1 Å². The van der Waals surface area contributed by atoms with Gasteiger partial charge in [-0.25, -0.2) is 0 Å². The van der Waals surface area contributed by atoms with Gasteiger partial charge < -0.3 is 25.4 Å². The highest BCUT2D eigenvalue weighted by atomic mass is 16.5. The summed E-state index contributed by atoms with van der Waals surface area (Å²) in [5.74, 6) is 2.31. The van der Waals surface area contributed by atoms with Gasteiger partial charge in [-0.3, -0.25) is 9.79 Å². The smallest absolute Gasteiger partial charge is 0.251 e. The van der Waals surface area contributed by atoms with Gasteiger partial charge in [0.05, 0.1) is 13.2 Å². The number of rotatable bonds is 6. The van der Waals surface area contributed by atoms with Crippen LogP contribution in [0.3, 0.4) is 0 Å². The molecular weight excluding hydrogens is 404 g/mol. The molecule has 0 bridgehead atoms. The number of nitrogens with one attached hydrogen (secondary N) is 3. The van der Waals surface area contributed by atoms with Crippen LogP contribution in [0.15, 0.2) is 53.5 Å². The van der Waals surface area contributed by atoms with Crippen LogP contribution < -0.4 is 25.4 Å². The lowest BCUT2D eigenvalue weighted by atomic mass is 9.86. The van der Waals surface area contributed by atoms with E-state index in [0.717, 1.165) is 36.7 Å². The lowest BCUT2D eigenvalue weighted by Crippen LogP contribution is -2.47. The summed E-state index contributed by atoms with van der Waals surface area (Å²) in [5.41, 5.74) is 1.70. The molecule has 1 spiro atoms. The highest BCUT2D eigenvalue weighted by Gasteiger charge is 2.43. The number of amides is 1. The second kappa shape index (κ2) is 9.94. The molecule has 1 fully saturated rings. The number of hydrogen-bond acceptors (Lipinski definition) is 4. The number of guanidine groups is 1. The molecule has 0 saturated heterocycles. The number of para-hydroxylation sites is 1. The highest BCUT2D eigenvalue weighted by molar-refractivity contribution is 5.94. The van der Waals surface area contributed by atoms with E-state index in [0.29, 0.717) is 18.7 Å². The fourth-order valence-corrected chi connectivity index (χ4v) is 4.63. The third-order valence-electron chi connectivity index (χ3n) is 6.30. The molecule has 0 radical (unpaired) electrons. The van der Waals surface area contributed by atoms with E-state index < -0.39 is 0 Å². The Hall–Kier alpha value is -3.22. The number of ether oxygens (including phenoxy) is 2. The van der Waals surface area contributed by atoms with E-state index in [9.17, 15) is 4.79 Å². The molecule has 4 rings (SSSR count). The summed E-state index contributed by atoms with van der Waals surface area (Å²) in [6.45, 7) is 1.05. The maximum Gasteiger partial charge on any atom is 0.251 e. The Labute approximate surface area is 189 Å². The number of carbonyl (C=O) groups is 1. The molecule has 1 aliphatic heterocycles. The van der Waals surface area contributed by atoms with E-state index >= 15 is 0 Å². The van der Waals surface area contributed by atoms with Crippen LogP contribution in [-0.4, -0.2) is 44.7 Å². The fourth-order valence-electron chi connectivity index (χ4n) is 4.63. The van der Waals surface area contributed by atoms with E-state index in [2.05, 4.69) is 39.1 Å². The van der Waals surface area contributed by atoms with Crippen molar-refractivity contribution in [3.63, 3.8) is 0 Å². The van der Waals surface area contributed by atoms with Gasteiger partial charge in [0.2, 0.25) is 0 Å². The first-order chi connectivity index (χ1) is 15.6. The maximum atomic E-state index is 12.3. The van der Waals surface area contributed by atoms with Gasteiger partial charge in [0.15, 0.2) is 5.96 Å². The monoisotopic (exact) mass is 436 g/mol. The molecular formula is C25H32N4O3. The summed E-state index contributed by atoms with van der Waals surface area (Å²) in [7, 11) is 3.37. The first kappa shape index (κ1) is 22.0. The van der Waals surface area contributed by atoms with Crippen molar-refractivity contribution in [3.8, 4) is 11.5 Å². The van der Waals surface area contributed by atoms with Gasteiger partial charge in [-0.15, -0.1) is 0 Å². The van der Waals surface area contributed by atoms with Crippen molar-refractivity contribution in [1.82, 2.24) is 16.0 Å². The van der Waals surface area contributed by atoms with Crippen molar-refractivity contribution in [2.24, 2.45) is 4.99 Å². The van der Waals surface area contributed by atoms with Gasteiger partial charge >= 0.3 is 0 Å². The zero-order valence-electron chi connectivity index (χ0n) is 18.8. The predicted molar refractivity (Wildman–Crippen MR) is 125 cm³/mol. The lowest BCUT2D eigenvalue weighted by Gasteiger charge is -2.40. The SMILES string of the molecule is CN=C(NCCNC(=O)c1ccc(OC)cc1)NC1CC2(CCCC2)Oc2ccccc21. The van der Waals surface area contributed by atoms with Crippen molar-refractivity contribution < 1.29 is 14.3 Å². The molecule has 1 heterocycles. The fraction of sp³-hybridized carbons (Fsp3) is 0.440. The Morgan fingerprint density at radius 2 is 1.81 bits per heavy atom. The predicted octanol–water partition coefficient (Wildman–Crippen LogP) is 3.43. The third-order valence-corrected chi connectivity index (χ3v) is 6.30. The van der Waals surface area contributed by atoms with Gasteiger partial charge in [0.25, 0.3) is 5.91 Å². The van der Waals surface area contributed by atoms with E-state index in [1.54, 1.807) is 38.4 Å². The zero-order chi connectivity index (χ0) is 22.4. The van der Waals surface area contributed by atoms with E-state index in [4.69, 9.17) is 9.47 Å². The van der Waals surface area contributed by atoms with Crippen LogP contribution in [0, 0.1) is 0 Å². The Balaban J connectivity index is 1.31. The molecule has 3 N–H and O–H groups in total. The van der Waals surface area contributed by atoms with Crippen molar-refractivity contribution in [1.29, 1.82) is 0 Å². The summed E-state index contributed by atoms with van der Waals surface area (Å²) in [5, 5.41) is 9.82. The minimum atomic E-state index is -0.112. The highest BCUT2D eigenvalue weighted by Crippen LogP contribution is 2.46. The number of carbonyl (C=O) groups excluding carboxylic acids is 1. The number of fused-ring (bicyclic) bond motifs is 1. The first-order valence-corrected chi connectivity index (χ1v) is 11.3. The molecule has 1 aliphatic carbocycles. The van der Waals surface area contributed by atoms with Gasteiger partial charge in [-0.2, -0.15) is 0 Å². The average Bonchev–Trinajstić information content (AvgIpc) is 3.27. The molecule has 0 aromatic heterocycles. The maximum absolute atomic E-state index is 12.3. The Bertz CT molecular complexity index is 952. The van der Waals surface area contributed by atoms with Crippen molar-refractivity contribution in [3.05, 3.63) is 59.7 Å². The molecule has 1 atom stereocenters. The van der Waals surface area contributed by atoms with Crippen LogP contribution in [0.5, 0.6) is 11.5 Å². The normalized spacial score (nSPS) is 19.1. The zero-order valence-corrected chi connectivity index (χ0v) is 18.8. The Kier molecular flexibility index (Phi) is 6.83. The quantitative estimate of drug-likeness (QED) is 0.367. The van der Waals surface area contributed by atoms with Crippen molar-refractivity contribution in [2.45, 2.75) is 43.7 Å². The Morgan fingerprint density at radius 1 is 1.09 bits per heavy atom. The number of hydrogen-bond donors (Lipinski definition) is 3. The third kappa shape index (κ3) is 4.98. The van der Waals surface area contributed by atoms with Crippen LogP contribution in [0.2, 0.25) is 0 Å². The van der Waals surface area contributed by atoms with Gasteiger partial charge in [-0.1, -0.05) is 18.2 Å². The standard InChI is InChI=1S/C25H32N4O3/c1-26-24(28-16-15-27-23(30)18-9-11-19(31-2)12-10-18)29-21-17-25(13-5-6-14-25)32-22-8-4-3-7-20(21)22/h3-4,7-12,21H,5-6,13-17H2,1-2H3,(H,27,30)(H2,26,28,29). The second-order valence-corrected chi connectivity index (χ2v) is 8.41. The number of nitrogens with zero attached hydrogens (tertiary/aromatic N) is 1. The molecule has 7 heteroatoms. The Morgan fingerprint density at radius 3 is 2.53 bits per heavy atom. The van der Waals surface area contributed by atoms with E-state index in [-0.39, 0.29) is 17.6 Å². The van der Waals surface area contributed by atoms with Crippen LogP contribution >= 0.6 is 0 Å². The lowest BCUT2D eigenvalue weighted by molar-refractivity contribution is 0.0396. The first-order valence-electron chi connectivity index (χ1n) is 11.3. The van der Waals surface area contributed by atoms with Crippen molar-refractivity contribution in [2.75, 3.05) is 27.2 Å². The topological polar surface area (TPSA) is 84.0 Å². The molecule has 1 saturated carbocycles. The van der Waals surface area contributed by atoms with Crippen LogP contribution in [-0.2, 0) is 0 Å². The molecule has 2 aromatic carbocycles. The van der Waals surface area contributed by atoms with Gasteiger partial charge in [0.1, 0.15) is 17.1 Å². The molecule has 1 amide bonds. The van der Waals surface area contributed by atoms with Gasteiger partial charge in [-0.05, 0) is 56.0 Å². The summed E-state index contributed by atoms with van der Waals surface area (Å²) >= 11 is 0. The van der Waals surface area contributed by atoms with Crippen LogP contribution in [0.25, 0.3) is 0 Å². The molecule has 32 heavy (non-hydrogen) atoms. The number of aliphatic imine (C=N–C) groups is 1. The molecule has 1 unspecified atom stereocenters. The van der Waals surface area contributed by atoms with E-state index in [1.165, 1.54) is 18.4 Å². The summed E-state index contributed by atoms with van der Waals surface area (Å²) in [4.78, 5) is 16.7. The van der Waals surface area contributed by atoms with E-state index in [1.807, 2.05) is 6.07 Å². The van der Waals surface area contributed by atoms with Gasteiger partial charge in [0, 0.05) is 37.7 Å². The largest absolute Gasteiger partial charge is 0.497 e. The molecule has 7 nitrogen and oxygen atoms in total. The molecule has 170 valence electrons. The number of benzene rings is 2. The summed E-state index contributed by atoms with van der Waals surface area (Å²) in [6.07, 6.45) is 5.57. The summed E-state index contributed by atoms with van der Waals surface area (Å²) in [6, 6.07) is 15.5. The minimum Gasteiger partial charge on any atom is -0.497 e. The second-order valence-electron chi connectivity index (χ2n) is 8.41. The minimum absolute atomic E-state index is 0.0722. The molecule has 2 aliphatic rings.